The third-order valence-electron chi connectivity index (χ3n) is 3.09. The molecule has 0 atom stereocenters. The minimum Gasteiger partial charge on any atom is -0.396 e. The second-order valence-corrected chi connectivity index (χ2v) is 5.27. The molecule has 0 spiro atoms. The molecule has 5 nitrogen and oxygen atoms in total. The molecule has 0 aliphatic heterocycles. The van der Waals surface area contributed by atoms with Gasteiger partial charge in [-0.1, -0.05) is 15.9 Å². The number of benzene rings is 1. The van der Waals surface area contributed by atoms with Crippen LogP contribution in [0, 0.1) is 0 Å². The number of nitrogens with one attached hydrogen (secondary N) is 1. The first-order valence-electron chi connectivity index (χ1n) is 5.98. The number of nitrogens with zero attached hydrogens (tertiary/aromatic N) is 2. The maximum absolute atomic E-state index is 12.3. The number of H-pyrrole nitrogens is 1. The van der Waals surface area contributed by atoms with Gasteiger partial charge in [0, 0.05) is 28.5 Å². The van der Waals surface area contributed by atoms with Gasteiger partial charge in [0.25, 0.3) is 5.56 Å². The maximum atomic E-state index is 12.3. The molecule has 0 aliphatic carbocycles. The maximum Gasteiger partial charge on any atom is 0.277 e. The molecule has 2 aromatic heterocycles. The molecular formula is C13H12BrN3O2. The summed E-state index contributed by atoms with van der Waals surface area (Å²) in [6.45, 7) is 0.529. The van der Waals surface area contributed by atoms with E-state index in [4.69, 9.17) is 5.11 Å². The number of aromatic amines is 1. The van der Waals surface area contributed by atoms with Gasteiger partial charge in [-0.3, -0.25) is 9.36 Å². The van der Waals surface area contributed by atoms with Crippen molar-refractivity contribution in [3.63, 3.8) is 0 Å². The summed E-state index contributed by atoms with van der Waals surface area (Å²) in [6.07, 6.45) is 2.08. The van der Waals surface area contributed by atoms with Crippen molar-refractivity contribution >= 4 is 37.9 Å². The topological polar surface area (TPSA) is 70.9 Å². The first-order chi connectivity index (χ1) is 9.20. The van der Waals surface area contributed by atoms with E-state index in [0.717, 1.165) is 15.4 Å². The van der Waals surface area contributed by atoms with Gasteiger partial charge in [-0.25, -0.2) is 4.98 Å². The first kappa shape index (κ1) is 12.4. The molecule has 0 saturated carbocycles. The van der Waals surface area contributed by atoms with Crippen molar-refractivity contribution in [3.8, 4) is 0 Å². The van der Waals surface area contributed by atoms with Crippen LogP contribution in [0.4, 0.5) is 0 Å². The molecule has 0 amide bonds. The molecule has 0 aliphatic rings. The highest BCUT2D eigenvalue weighted by molar-refractivity contribution is 9.10. The Labute approximate surface area is 117 Å². The van der Waals surface area contributed by atoms with Crippen LogP contribution in [-0.4, -0.2) is 26.2 Å². The quantitative estimate of drug-likeness (QED) is 0.775. The van der Waals surface area contributed by atoms with Gasteiger partial charge < -0.3 is 10.1 Å². The van der Waals surface area contributed by atoms with Gasteiger partial charge in [-0.15, -0.1) is 0 Å². The van der Waals surface area contributed by atoms with E-state index in [2.05, 4.69) is 25.9 Å². The normalized spacial score (nSPS) is 11.5. The molecule has 3 aromatic rings. The van der Waals surface area contributed by atoms with Crippen molar-refractivity contribution in [2.75, 3.05) is 6.61 Å². The zero-order valence-electron chi connectivity index (χ0n) is 10.1. The number of hydrogen-bond acceptors (Lipinski definition) is 3. The molecule has 0 fully saturated rings. The van der Waals surface area contributed by atoms with Crippen molar-refractivity contribution in [2.45, 2.75) is 13.0 Å². The SMILES string of the molecule is O=c1c2[nH]c3ccc(Br)cc3c2ncn1CCCO. The average molecular weight is 322 g/mol. The van der Waals surface area contributed by atoms with Gasteiger partial charge in [0.1, 0.15) is 11.0 Å². The van der Waals surface area contributed by atoms with E-state index in [1.54, 1.807) is 0 Å². The number of aryl methyl sites for hydroxylation is 1. The van der Waals surface area contributed by atoms with E-state index >= 15 is 0 Å². The van der Waals surface area contributed by atoms with Crippen LogP contribution in [0.5, 0.6) is 0 Å². The Morgan fingerprint density at radius 2 is 2.26 bits per heavy atom. The molecule has 1 aromatic carbocycles. The summed E-state index contributed by atoms with van der Waals surface area (Å²) in [6, 6.07) is 5.78. The highest BCUT2D eigenvalue weighted by Gasteiger charge is 2.10. The van der Waals surface area contributed by atoms with Crippen molar-refractivity contribution in [2.24, 2.45) is 0 Å². The molecule has 2 N–H and O–H groups in total. The number of aromatic nitrogens is 3. The molecule has 0 saturated heterocycles. The van der Waals surface area contributed by atoms with Gasteiger partial charge in [-0.2, -0.15) is 0 Å². The van der Waals surface area contributed by atoms with E-state index in [9.17, 15) is 4.79 Å². The average Bonchev–Trinajstić information content (AvgIpc) is 2.77. The predicted molar refractivity (Wildman–Crippen MR) is 77.3 cm³/mol. The lowest BCUT2D eigenvalue weighted by atomic mass is 10.2. The lowest BCUT2D eigenvalue weighted by molar-refractivity contribution is 0.279. The summed E-state index contributed by atoms with van der Waals surface area (Å²) >= 11 is 3.42. The smallest absolute Gasteiger partial charge is 0.277 e. The molecule has 19 heavy (non-hydrogen) atoms. The van der Waals surface area contributed by atoms with Crippen LogP contribution in [0.1, 0.15) is 6.42 Å². The van der Waals surface area contributed by atoms with Crippen molar-refractivity contribution in [1.82, 2.24) is 14.5 Å². The summed E-state index contributed by atoms with van der Waals surface area (Å²) in [5, 5.41) is 9.75. The minimum absolute atomic E-state index is 0.0596. The molecule has 6 heteroatoms. The first-order valence-corrected chi connectivity index (χ1v) is 6.77. The Balaban J connectivity index is 2.26. The number of aliphatic hydroxyl groups is 1. The monoisotopic (exact) mass is 321 g/mol. The zero-order valence-corrected chi connectivity index (χ0v) is 11.6. The molecule has 3 rings (SSSR count). The Morgan fingerprint density at radius 3 is 3.05 bits per heavy atom. The van der Waals surface area contributed by atoms with Gasteiger partial charge >= 0.3 is 0 Å². The number of rotatable bonds is 3. The lowest BCUT2D eigenvalue weighted by Gasteiger charge is -2.02. The Kier molecular flexibility index (Phi) is 3.12. The number of fused-ring (bicyclic) bond motifs is 3. The van der Waals surface area contributed by atoms with E-state index < -0.39 is 0 Å². The summed E-state index contributed by atoms with van der Waals surface area (Å²) in [4.78, 5) is 19.8. The van der Waals surface area contributed by atoms with Gasteiger partial charge in [-0.05, 0) is 24.6 Å². The molecule has 0 bridgehead atoms. The van der Waals surface area contributed by atoms with Crippen LogP contribution < -0.4 is 5.56 Å². The van der Waals surface area contributed by atoms with Crippen molar-refractivity contribution in [3.05, 3.63) is 39.4 Å². The molecular weight excluding hydrogens is 310 g/mol. The van der Waals surface area contributed by atoms with Gasteiger partial charge in [0.2, 0.25) is 0 Å². The van der Waals surface area contributed by atoms with E-state index in [-0.39, 0.29) is 12.2 Å². The Morgan fingerprint density at radius 1 is 1.42 bits per heavy atom. The summed E-state index contributed by atoms with van der Waals surface area (Å²) < 4.78 is 2.47. The van der Waals surface area contributed by atoms with E-state index in [0.29, 0.717) is 24.0 Å². The van der Waals surface area contributed by atoms with Crippen LogP contribution in [-0.2, 0) is 6.54 Å². The van der Waals surface area contributed by atoms with E-state index in [1.807, 2.05) is 18.2 Å². The van der Waals surface area contributed by atoms with Crippen molar-refractivity contribution in [1.29, 1.82) is 0 Å². The van der Waals surface area contributed by atoms with Crippen LogP contribution in [0.25, 0.3) is 21.9 Å². The standard InChI is InChI=1S/C13H12BrN3O2/c14-8-2-3-10-9(6-8)11-12(16-10)13(19)17(7-15-11)4-1-5-18/h2-3,6-7,16,18H,1,4-5H2. The molecule has 98 valence electrons. The fraction of sp³-hybridized carbons (Fsp3) is 0.231. The van der Waals surface area contributed by atoms with Crippen molar-refractivity contribution < 1.29 is 5.11 Å². The molecule has 2 heterocycles. The third-order valence-corrected chi connectivity index (χ3v) is 3.58. The Bertz CT molecular complexity index is 807. The largest absolute Gasteiger partial charge is 0.396 e. The Hall–Kier alpha value is -1.66. The third kappa shape index (κ3) is 2.06. The summed E-state index contributed by atoms with van der Waals surface area (Å²) in [5.41, 5.74) is 1.98. The zero-order chi connectivity index (χ0) is 13.4. The highest BCUT2D eigenvalue weighted by atomic mass is 79.9. The van der Waals surface area contributed by atoms with Crippen LogP contribution in [0.15, 0.2) is 33.8 Å². The summed E-state index contributed by atoms with van der Waals surface area (Å²) in [5.74, 6) is 0. The highest BCUT2D eigenvalue weighted by Crippen LogP contribution is 2.24. The molecule has 0 radical (unpaired) electrons. The van der Waals surface area contributed by atoms with Crippen LogP contribution >= 0.6 is 15.9 Å². The number of aliphatic hydroxyl groups excluding tert-OH is 1. The van der Waals surface area contributed by atoms with E-state index in [1.165, 1.54) is 10.9 Å². The second-order valence-electron chi connectivity index (χ2n) is 4.36. The lowest BCUT2D eigenvalue weighted by Crippen LogP contribution is -2.21. The van der Waals surface area contributed by atoms with Crippen LogP contribution in [0.2, 0.25) is 0 Å². The van der Waals surface area contributed by atoms with Gasteiger partial charge in [0.05, 0.1) is 6.33 Å². The number of halogens is 1. The van der Waals surface area contributed by atoms with Gasteiger partial charge in [0.15, 0.2) is 0 Å². The summed E-state index contributed by atoms with van der Waals surface area (Å²) in [7, 11) is 0. The predicted octanol–water partition coefficient (Wildman–Crippen LogP) is 2.02. The number of hydrogen-bond donors (Lipinski definition) is 2. The minimum atomic E-state index is -0.106. The van der Waals surface area contributed by atoms with Crippen LogP contribution in [0.3, 0.4) is 0 Å². The molecule has 0 unspecified atom stereocenters. The fourth-order valence-corrected chi connectivity index (χ4v) is 2.52. The fourth-order valence-electron chi connectivity index (χ4n) is 2.16. The second kappa shape index (κ2) is 4.79.